The van der Waals surface area contributed by atoms with E-state index in [0.29, 0.717) is 16.1 Å². The van der Waals surface area contributed by atoms with Crippen LogP contribution in [0.3, 0.4) is 0 Å². The maximum absolute atomic E-state index is 12.4. The van der Waals surface area contributed by atoms with Gasteiger partial charge in [-0.25, -0.2) is 4.79 Å². The molecule has 3 N–H and O–H groups in total. The number of hydrogen-bond acceptors (Lipinski definition) is 4. The first-order valence-electron chi connectivity index (χ1n) is 8.76. The van der Waals surface area contributed by atoms with Crippen molar-refractivity contribution >= 4 is 29.4 Å². The van der Waals surface area contributed by atoms with Crippen molar-refractivity contribution in [3.63, 3.8) is 0 Å². The van der Waals surface area contributed by atoms with Gasteiger partial charge >= 0.3 is 12.0 Å². The lowest BCUT2D eigenvalue weighted by atomic mass is 9.98. The van der Waals surface area contributed by atoms with Crippen molar-refractivity contribution in [1.29, 1.82) is 0 Å². The molecule has 148 valence electrons. The van der Waals surface area contributed by atoms with Gasteiger partial charge < -0.3 is 15.8 Å². The fraction of sp³-hybridized carbons (Fsp3) is 0.286. The number of nitrogens with one attached hydrogen (secondary N) is 1. The van der Waals surface area contributed by atoms with Crippen LogP contribution in [0, 0.1) is 20.8 Å². The van der Waals surface area contributed by atoms with Gasteiger partial charge in [0.15, 0.2) is 6.61 Å². The Labute approximate surface area is 169 Å². The van der Waals surface area contributed by atoms with Gasteiger partial charge in [0.25, 0.3) is 0 Å². The SMILES string of the molecule is Cc1cc(C)c(C(=O)COC(=O)C[C@@H](NC(N)=O)c2ccccc2Cl)cc1C. The molecule has 0 aliphatic carbocycles. The van der Waals surface area contributed by atoms with E-state index < -0.39 is 18.0 Å². The third-order valence-corrected chi connectivity index (χ3v) is 4.82. The van der Waals surface area contributed by atoms with Crippen molar-refractivity contribution in [2.75, 3.05) is 6.61 Å². The first-order chi connectivity index (χ1) is 13.2. The molecule has 28 heavy (non-hydrogen) atoms. The number of urea groups is 1. The summed E-state index contributed by atoms with van der Waals surface area (Å²) in [6, 6.07) is 8.96. The van der Waals surface area contributed by atoms with Gasteiger partial charge in [0, 0.05) is 10.6 Å². The summed E-state index contributed by atoms with van der Waals surface area (Å²) >= 11 is 6.14. The van der Waals surface area contributed by atoms with Crippen LogP contribution < -0.4 is 11.1 Å². The number of aryl methyl sites for hydroxylation is 3. The van der Waals surface area contributed by atoms with E-state index in [9.17, 15) is 14.4 Å². The quantitative estimate of drug-likeness (QED) is 0.543. The molecule has 0 bridgehead atoms. The summed E-state index contributed by atoms with van der Waals surface area (Å²) in [6.07, 6.45) is -0.203. The van der Waals surface area contributed by atoms with Crippen LogP contribution in [0.2, 0.25) is 5.02 Å². The summed E-state index contributed by atoms with van der Waals surface area (Å²) in [6.45, 7) is 5.35. The fourth-order valence-corrected chi connectivity index (χ4v) is 3.15. The summed E-state index contributed by atoms with van der Waals surface area (Å²) in [5.41, 5.74) is 9.17. The second-order valence-electron chi connectivity index (χ2n) is 6.62. The van der Waals surface area contributed by atoms with Gasteiger partial charge in [-0.15, -0.1) is 0 Å². The molecule has 0 saturated carbocycles. The van der Waals surface area contributed by atoms with Crippen molar-refractivity contribution in [2.45, 2.75) is 33.2 Å². The molecule has 0 aliphatic heterocycles. The van der Waals surface area contributed by atoms with Crippen LogP contribution in [-0.2, 0) is 9.53 Å². The van der Waals surface area contributed by atoms with E-state index in [0.717, 1.165) is 16.7 Å². The van der Waals surface area contributed by atoms with Gasteiger partial charge in [-0.1, -0.05) is 35.9 Å². The highest BCUT2D eigenvalue weighted by Gasteiger charge is 2.21. The molecule has 0 radical (unpaired) electrons. The Morgan fingerprint density at radius 1 is 1.07 bits per heavy atom. The number of nitrogens with two attached hydrogens (primary N) is 1. The van der Waals surface area contributed by atoms with Crippen LogP contribution in [0.25, 0.3) is 0 Å². The minimum absolute atomic E-state index is 0.203. The van der Waals surface area contributed by atoms with Crippen LogP contribution in [0.5, 0.6) is 0 Å². The van der Waals surface area contributed by atoms with Gasteiger partial charge in [-0.3, -0.25) is 9.59 Å². The average molecular weight is 403 g/mol. The standard InChI is InChI=1S/C21H23ClN2O4/c1-12-8-14(3)16(9-13(12)2)19(25)11-28-20(26)10-18(24-21(23)27)15-6-4-5-7-17(15)22/h4-9,18H,10-11H2,1-3H3,(H3,23,24,27)/t18-/m1/s1. The van der Waals surface area contributed by atoms with Crippen LogP contribution in [0.1, 0.15) is 45.1 Å². The number of benzene rings is 2. The number of primary amides is 1. The van der Waals surface area contributed by atoms with E-state index in [4.69, 9.17) is 22.1 Å². The fourth-order valence-electron chi connectivity index (χ4n) is 2.88. The molecular weight excluding hydrogens is 380 g/mol. The zero-order valence-corrected chi connectivity index (χ0v) is 16.8. The van der Waals surface area contributed by atoms with Crippen molar-refractivity contribution in [1.82, 2.24) is 5.32 Å². The third-order valence-electron chi connectivity index (χ3n) is 4.47. The average Bonchev–Trinajstić information content (AvgIpc) is 2.62. The van der Waals surface area contributed by atoms with Crippen LogP contribution in [-0.4, -0.2) is 24.4 Å². The van der Waals surface area contributed by atoms with Crippen LogP contribution >= 0.6 is 11.6 Å². The lowest BCUT2D eigenvalue weighted by Gasteiger charge is -2.18. The number of Topliss-reactive ketones (excluding diaryl/α,β-unsaturated/α-hetero) is 1. The highest BCUT2D eigenvalue weighted by atomic mass is 35.5. The smallest absolute Gasteiger partial charge is 0.312 e. The molecule has 0 heterocycles. The van der Waals surface area contributed by atoms with E-state index in [1.807, 2.05) is 26.8 Å². The van der Waals surface area contributed by atoms with Gasteiger partial charge in [-0.05, 0) is 55.2 Å². The molecule has 0 aromatic heterocycles. The number of halogens is 1. The molecule has 0 unspecified atom stereocenters. The molecule has 1 atom stereocenters. The number of esters is 1. The van der Waals surface area contributed by atoms with Crippen LogP contribution in [0.15, 0.2) is 36.4 Å². The number of hydrogen-bond donors (Lipinski definition) is 2. The number of rotatable bonds is 7. The molecule has 0 aliphatic rings. The van der Waals surface area contributed by atoms with Crippen molar-refractivity contribution < 1.29 is 19.1 Å². The minimum atomic E-state index is -0.792. The molecule has 0 fully saturated rings. The second-order valence-corrected chi connectivity index (χ2v) is 7.03. The third kappa shape index (κ3) is 5.57. The summed E-state index contributed by atoms with van der Waals surface area (Å²) in [4.78, 5) is 36.0. The molecule has 7 heteroatoms. The Hall–Kier alpha value is -2.86. The van der Waals surface area contributed by atoms with E-state index in [1.165, 1.54) is 0 Å². The normalized spacial score (nSPS) is 11.6. The van der Waals surface area contributed by atoms with E-state index in [2.05, 4.69) is 5.32 Å². The molecule has 2 aromatic carbocycles. The van der Waals surface area contributed by atoms with Gasteiger partial charge in [-0.2, -0.15) is 0 Å². The predicted molar refractivity (Wildman–Crippen MR) is 107 cm³/mol. The Morgan fingerprint density at radius 3 is 2.36 bits per heavy atom. The lowest BCUT2D eigenvalue weighted by Crippen LogP contribution is -2.35. The van der Waals surface area contributed by atoms with Gasteiger partial charge in [0.05, 0.1) is 12.5 Å². The topological polar surface area (TPSA) is 98.5 Å². The molecule has 0 spiro atoms. The molecule has 2 aromatic rings. The Bertz CT molecular complexity index is 911. The highest BCUT2D eigenvalue weighted by molar-refractivity contribution is 6.31. The Balaban J connectivity index is 2.05. The number of carbonyl (C=O) groups excluding carboxylic acids is 3. The predicted octanol–water partition coefficient (Wildman–Crippen LogP) is 3.79. The number of carbonyl (C=O) groups is 3. The summed E-state index contributed by atoms with van der Waals surface area (Å²) in [5, 5.41) is 2.86. The van der Waals surface area contributed by atoms with Gasteiger partial charge in [0.2, 0.25) is 5.78 Å². The number of ether oxygens (including phenoxy) is 1. The maximum atomic E-state index is 12.4. The second kappa shape index (κ2) is 9.37. The largest absolute Gasteiger partial charge is 0.457 e. The first-order valence-corrected chi connectivity index (χ1v) is 9.14. The minimum Gasteiger partial charge on any atom is -0.457 e. The van der Waals surface area contributed by atoms with Crippen molar-refractivity contribution in [3.8, 4) is 0 Å². The summed E-state index contributed by atoms with van der Waals surface area (Å²) < 4.78 is 5.13. The van der Waals surface area contributed by atoms with Gasteiger partial charge in [0.1, 0.15) is 0 Å². The molecule has 2 amide bonds. The molecular formula is C21H23ClN2O4. The zero-order valence-electron chi connectivity index (χ0n) is 16.0. The van der Waals surface area contributed by atoms with Crippen LogP contribution in [0.4, 0.5) is 4.79 Å². The van der Waals surface area contributed by atoms with E-state index in [1.54, 1.807) is 30.3 Å². The number of ketones is 1. The Kier molecular flexibility index (Phi) is 7.18. The maximum Gasteiger partial charge on any atom is 0.312 e. The zero-order chi connectivity index (χ0) is 20.8. The van der Waals surface area contributed by atoms with E-state index >= 15 is 0 Å². The van der Waals surface area contributed by atoms with E-state index in [-0.39, 0.29) is 18.8 Å². The summed E-state index contributed by atoms with van der Waals surface area (Å²) in [5.74, 6) is -0.931. The highest BCUT2D eigenvalue weighted by Crippen LogP contribution is 2.25. The summed E-state index contributed by atoms with van der Waals surface area (Å²) in [7, 11) is 0. The Morgan fingerprint density at radius 2 is 1.71 bits per heavy atom. The number of amides is 2. The molecule has 2 rings (SSSR count). The van der Waals surface area contributed by atoms with Crippen molar-refractivity contribution in [3.05, 3.63) is 69.2 Å². The molecule has 6 nitrogen and oxygen atoms in total. The molecule has 0 saturated heterocycles. The van der Waals surface area contributed by atoms with Crippen molar-refractivity contribution in [2.24, 2.45) is 5.73 Å². The first kappa shape index (κ1) is 21.4. The monoisotopic (exact) mass is 402 g/mol. The lowest BCUT2D eigenvalue weighted by molar-refractivity contribution is -0.143.